The van der Waals surface area contributed by atoms with E-state index < -0.39 is 17.3 Å². The molecule has 0 aliphatic carbocycles. The van der Waals surface area contributed by atoms with Crippen LogP contribution in [-0.4, -0.2) is 16.8 Å². The predicted molar refractivity (Wildman–Crippen MR) is 111 cm³/mol. The zero-order chi connectivity index (χ0) is 20.6. The Morgan fingerprint density at radius 1 is 1.03 bits per heavy atom. The average Bonchev–Trinajstić information content (AvgIpc) is 2.91. The number of benzene rings is 3. The molecule has 4 rings (SSSR count). The topological polar surface area (TPSA) is 57.6 Å². The van der Waals surface area contributed by atoms with E-state index in [1.807, 2.05) is 0 Å². The van der Waals surface area contributed by atoms with Gasteiger partial charge >= 0.3 is 0 Å². The third-order valence-electron chi connectivity index (χ3n) is 5.05. The second kappa shape index (κ2) is 7.54. The number of amides is 1. The molecular weight excluding hydrogens is 437 g/mol. The highest BCUT2D eigenvalue weighted by Crippen LogP contribution is 2.43. The number of Topliss-reactive ketones (excluding diaryl/α,β-unsaturated/α-hetero) is 1. The number of aliphatic hydroxyl groups is 1. The molecule has 1 heterocycles. The van der Waals surface area contributed by atoms with Gasteiger partial charge in [0.15, 0.2) is 11.4 Å². The molecule has 0 unspecified atom stereocenters. The second-order valence-electron chi connectivity index (χ2n) is 7.01. The molecule has 1 amide bonds. The van der Waals surface area contributed by atoms with Gasteiger partial charge in [-0.1, -0.05) is 58.4 Å². The molecule has 1 atom stereocenters. The summed E-state index contributed by atoms with van der Waals surface area (Å²) < 4.78 is 14.4. The summed E-state index contributed by atoms with van der Waals surface area (Å²) in [5, 5.41) is 11.3. The minimum absolute atomic E-state index is 0.0996. The normalized spacial score (nSPS) is 18.0. The molecule has 1 aliphatic rings. The Balaban J connectivity index is 1.67. The maximum atomic E-state index is 13.6. The summed E-state index contributed by atoms with van der Waals surface area (Å²) in [7, 11) is 0. The molecular formula is C23H17BrFNO3. The van der Waals surface area contributed by atoms with Gasteiger partial charge in [0.05, 0.1) is 18.7 Å². The van der Waals surface area contributed by atoms with Crippen LogP contribution in [0.4, 0.5) is 10.1 Å². The third-order valence-corrected chi connectivity index (χ3v) is 5.58. The van der Waals surface area contributed by atoms with E-state index in [1.165, 1.54) is 17.0 Å². The molecule has 3 aromatic rings. The van der Waals surface area contributed by atoms with Crippen LogP contribution in [0.25, 0.3) is 0 Å². The number of para-hydroxylation sites is 1. The van der Waals surface area contributed by atoms with Crippen molar-refractivity contribution in [3.63, 3.8) is 0 Å². The molecule has 0 fully saturated rings. The highest BCUT2D eigenvalue weighted by molar-refractivity contribution is 9.10. The van der Waals surface area contributed by atoms with Gasteiger partial charge in [-0.3, -0.25) is 9.59 Å². The first-order valence-electron chi connectivity index (χ1n) is 9.05. The quantitative estimate of drug-likeness (QED) is 0.574. The Kier molecular flexibility index (Phi) is 5.06. The molecule has 146 valence electrons. The standard InChI is InChI=1S/C23H17BrFNO3/c24-17-10-8-16(9-11-17)21(27)13-23(29)19-6-1-2-7-20(19)26(22(23)28)14-15-4-3-5-18(25)12-15/h1-12,29H,13-14H2/t23-/m1/s1. The molecule has 1 aliphatic heterocycles. The number of carbonyl (C=O) groups is 2. The SMILES string of the molecule is O=C(C[C@]1(O)C(=O)N(Cc2cccc(F)c2)c2ccccc21)c1ccc(Br)cc1. The molecule has 6 heteroatoms. The van der Waals surface area contributed by atoms with Crippen molar-refractivity contribution in [1.82, 2.24) is 0 Å². The highest BCUT2D eigenvalue weighted by atomic mass is 79.9. The van der Waals surface area contributed by atoms with Crippen LogP contribution in [0, 0.1) is 5.82 Å². The lowest BCUT2D eigenvalue weighted by Gasteiger charge is -2.23. The van der Waals surface area contributed by atoms with Gasteiger partial charge in [0.25, 0.3) is 5.91 Å². The van der Waals surface area contributed by atoms with Crippen molar-refractivity contribution >= 4 is 33.3 Å². The number of nitrogens with zero attached hydrogens (tertiary/aromatic N) is 1. The summed E-state index contributed by atoms with van der Waals surface area (Å²) in [6.45, 7) is 0.0996. The van der Waals surface area contributed by atoms with Crippen LogP contribution in [0.15, 0.2) is 77.3 Å². The first kappa shape index (κ1) is 19.5. The second-order valence-corrected chi connectivity index (χ2v) is 7.92. The Morgan fingerprint density at radius 2 is 1.76 bits per heavy atom. The lowest BCUT2D eigenvalue weighted by Crippen LogP contribution is -2.41. The first-order chi connectivity index (χ1) is 13.9. The number of hydrogen-bond donors (Lipinski definition) is 1. The molecule has 0 saturated heterocycles. The van der Waals surface area contributed by atoms with Crippen LogP contribution in [-0.2, 0) is 16.9 Å². The number of hydrogen-bond acceptors (Lipinski definition) is 3. The lowest BCUT2D eigenvalue weighted by molar-refractivity contribution is -0.136. The van der Waals surface area contributed by atoms with Crippen LogP contribution < -0.4 is 4.90 Å². The number of anilines is 1. The molecule has 29 heavy (non-hydrogen) atoms. The summed E-state index contributed by atoms with van der Waals surface area (Å²) >= 11 is 3.32. The molecule has 3 aromatic carbocycles. The fraction of sp³-hybridized carbons (Fsp3) is 0.130. The van der Waals surface area contributed by atoms with E-state index in [4.69, 9.17) is 0 Å². The summed E-state index contributed by atoms with van der Waals surface area (Å²) in [6, 6.07) is 19.6. The van der Waals surface area contributed by atoms with Crippen molar-refractivity contribution in [2.24, 2.45) is 0 Å². The van der Waals surface area contributed by atoms with E-state index in [9.17, 15) is 19.1 Å². The van der Waals surface area contributed by atoms with Gasteiger partial charge in [-0.05, 0) is 35.9 Å². The Labute approximate surface area is 175 Å². The molecule has 0 radical (unpaired) electrons. The molecule has 0 bridgehead atoms. The van der Waals surface area contributed by atoms with E-state index in [-0.39, 0.29) is 18.7 Å². The van der Waals surface area contributed by atoms with Crippen molar-refractivity contribution in [3.05, 3.63) is 99.8 Å². The van der Waals surface area contributed by atoms with Gasteiger partial charge < -0.3 is 10.0 Å². The summed E-state index contributed by atoms with van der Waals surface area (Å²) in [6.07, 6.45) is -0.371. The van der Waals surface area contributed by atoms with Crippen molar-refractivity contribution < 1.29 is 19.1 Å². The van der Waals surface area contributed by atoms with Crippen LogP contribution in [0.1, 0.15) is 27.9 Å². The Bertz CT molecular complexity index is 1100. The molecule has 0 saturated carbocycles. The zero-order valence-electron chi connectivity index (χ0n) is 15.3. The van der Waals surface area contributed by atoms with E-state index in [2.05, 4.69) is 15.9 Å². The maximum absolute atomic E-state index is 13.6. The van der Waals surface area contributed by atoms with Crippen LogP contribution >= 0.6 is 15.9 Å². The van der Waals surface area contributed by atoms with E-state index in [0.29, 0.717) is 22.4 Å². The molecule has 0 aromatic heterocycles. The van der Waals surface area contributed by atoms with E-state index >= 15 is 0 Å². The van der Waals surface area contributed by atoms with Gasteiger partial charge in [0, 0.05) is 15.6 Å². The molecule has 0 spiro atoms. The van der Waals surface area contributed by atoms with Crippen molar-refractivity contribution in [2.75, 3.05) is 4.90 Å². The Morgan fingerprint density at radius 3 is 2.48 bits per heavy atom. The van der Waals surface area contributed by atoms with Gasteiger partial charge in [-0.25, -0.2) is 4.39 Å². The highest BCUT2D eigenvalue weighted by Gasteiger charge is 2.50. The molecule has 4 nitrogen and oxygen atoms in total. The minimum Gasteiger partial charge on any atom is -0.375 e. The number of fused-ring (bicyclic) bond motifs is 1. The number of ketones is 1. The van der Waals surface area contributed by atoms with Crippen LogP contribution in [0.2, 0.25) is 0 Å². The maximum Gasteiger partial charge on any atom is 0.264 e. The largest absolute Gasteiger partial charge is 0.375 e. The summed E-state index contributed by atoms with van der Waals surface area (Å²) in [5.74, 6) is -1.33. The van der Waals surface area contributed by atoms with Gasteiger partial charge in [0.1, 0.15) is 5.82 Å². The number of rotatable bonds is 5. The van der Waals surface area contributed by atoms with Crippen LogP contribution in [0.5, 0.6) is 0 Å². The zero-order valence-corrected chi connectivity index (χ0v) is 16.9. The van der Waals surface area contributed by atoms with Crippen molar-refractivity contribution in [3.8, 4) is 0 Å². The number of carbonyl (C=O) groups excluding carboxylic acids is 2. The minimum atomic E-state index is -1.96. The van der Waals surface area contributed by atoms with Gasteiger partial charge in [-0.2, -0.15) is 0 Å². The fourth-order valence-electron chi connectivity index (χ4n) is 3.62. The van der Waals surface area contributed by atoms with Gasteiger partial charge in [0.2, 0.25) is 0 Å². The average molecular weight is 454 g/mol. The molecule has 1 N–H and O–H groups in total. The number of halogens is 2. The van der Waals surface area contributed by atoms with Gasteiger partial charge in [-0.15, -0.1) is 0 Å². The van der Waals surface area contributed by atoms with E-state index in [1.54, 1.807) is 60.7 Å². The summed E-state index contributed by atoms with van der Waals surface area (Å²) in [5.41, 5.74) is -0.0551. The van der Waals surface area contributed by atoms with Crippen molar-refractivity contribution in [2.45, 2.75) is 18.6 Å². The lowest BCUT2D eigenvalue weighted by atomic mass is 9.88. The summed E-state index contributed by atoms with van der Waals surface area (Å²) in [4.78, 5) is 27.4. The van der Waals surface area contributed by atoms with E-state index in [0.717, 1.165) is 4.47 Å². The predicted octanol–water partition coefficient (Wildman–Crippen LogP) is 4.60. The third kappa shape index (κ3) is 3.61. The monoisotopic (exact) mass is 453 g/mol. The first-order valence-corrected chi connectivity index (χ1v) is 9.85. The van der Waals surface area contributed by atoms with Crippen LogP contribution in [0.3, 0.4) is 0 Å². The smallest absolute Gasteiger partial charge is 0.264 e. The Hall–Kier alpha value is -2.83. The fourth-order valence-corrected chi connectivity index (χ4v) is 3.89. The van der Waals surface area contributed by atoms with Crippen molar-refractivity contribution in [1.29, 1.82) is 0 Å².